The topological polar surface area (TPSA) is 49.4 Å². The molecule has 25 heavy (non-hydrogen) atoms. The van der Waals surface area contributed by atoms with E-state index in [1.54, 1.807) is 0 Å². The summed E-state index contributed by atoms with van der Waals surface area (Å²) in [5.41, 5.74) is 1.30. The summed E-state index contributed by atoms with van der Waals surface area (Å²) in [5.74, 6) is 0.764. The fraction of sp³-hybridized carbons (Fsp3) is 0.429. The van der Waals surface area contributed by atoms with Gasteiger partial charge in [0.25, 0.3) is 0 Å². The first-order valence-electron chi connectivity index (χ1n) is 9.29. The number of carbonyl (C=O) groups excluding carboxylic acids is 2. The Bertz CT molecular complexity index is 857. The number of hydrogen-bond donors (Lipinski definition) is 1. The summed E-state index contributed by atoms with van der Waals surface area (Å²) in [6.07, 6.45) is 3.38. The van der Waals surface area contributed by atoms with Crippen LogP contribution in [0.1, 0.15) is 37.2 Å². The maximum absolute atomic E-state index is 13.2. The number of hydrogen-bond acceptors (Lipinski definition) is 2. The molecule has 2 amide bonds. The number of rotatable bonds is 2. The number of nitrogens with zero attached hydrogens (tertiary/aromatic N) is 1. The Balaban J connectivity index is 1.41. The summed E-state index contributed by atoms with van der Waals surface area (Å²) in [6.45, 7) is 0.618. The molecule has 0 spiro atoms. The van der Waals surface area contributed by atoms with Crippen molar-refractivity contribution >= 4 is 22.6 Å². The molecule has 1 N–H and O–H groups in total. The van der Waals surface area contributed by atoms with Gasteiger partial charge in [0.05, 0.1) is 0 Å². The molecule has 2 aliphatic heterocycles. The minimum Gasteiger partial charge on any atom is -0.354 e. The normalized spacial score (nSPS) is 30.9. The summed E-state index contributed by atoms with van der Waals surface area (Å²) in [4.78, 5) is 27.0. The maximum Gasteiger partial charge on any atom is 0.226 e. The quantitative estimate of drug-likeness (QED) is 0.918. The van der Waals surface area contributed by atoms with Crippen LogP contribution in [0.5, 0.6) is 0 Å². The Morgan fingerprint density at radius 1 is 1.04 bits per heavy atom. The third kappa shape index (κ3) is 2.43. The Labute approximate surface area is 147 Å². The molecule has 2 heterocycles. The molecular weight excluding hydrogens is 312 g/mol. The number of amides is 2. The zero-order chi connectivity index (χ0) is 17.0. The molecule has 0 aromatic heterocycles. The molecule has 2 bridgehead atoms. The molecule has 1 saturated carbocycles. The Hall–Kier alpha value is -2.36. The molecule has 4 nitrogen and oxygen atoms in total. The van der Waals surface area contributed by atoms with Gasteiger partial charge in [0.1, 0.15) is 0 Å². The number of fused-ring (bicyclic) bond motifs is 3. The van der Waals surface area contributed by atoms with E-state index in [1.165, 1.54) is 16.3 Å². The molecule has 0 radical (unpaired) electrons. The standard InChI is InChI=1S/C21H22N2O2/c24-20-10-14-8-9-15(12-22-20)23(14)21(25)19-11-18(19)17-7-3-5-13-4-1-2-6-16(13)17/h1-7,14-15,18-19H,8-12H2,(H,22,24)/t14?,15?,18-,19+/m0/s1. The molecule has 2 saturated heterocycles. The summed E-state index contributed by atoms with van der Waals surface area (Å²) >= 11 is 0. The first-order valence-corrected chi connectivity index (χ1v) is 9.29. The van der Waals surface area contributed by atoms with Crippen LogP contribution in [0.25, 0.3) is 10.8 Å². The van der Waals surface area contributed by atoms with E-state index < -0.39 is 0 Å². The van der Waals surface area contributed by atoms with Crippen LogP contribution in [0.15, 0.2) is 42.5 Å². The molecule has 4 atom stereocenters. The maximum atomic E-state index is 13.2. The van der Waals surface area contributed by atoms with Crippen LogP contribution in [-0.2, 0) is 9.59 Å². The van der Waals surface area contributed by atoms with Gasteiger partial charge in [-0.25, -0.2) is 0 Å². The van der Waals surface area contributed by atoms with Crippen LogP contribution < -0.4 is 5.32 Å². The molecule has 4 heteroatoms. The molecule has 3 aliphatic rings. The smallest absolute Gasteiger partial charge is 0.226 e. The number of carbonyl (C=O) groups is 2. The summed E-state index contributed by atoms with van der Waals surface area (Å²) in [7, 11) is 0. The second-order valence-electron chi connectivity index (χ2n) is 7.66. The molecule has 3 fully saturated rings. The molecule has 2 unspecified atom stereocenters. The summed E-state index contributed by atoms with van der Waals surface area (Å²) in [6, 6.07) is 15.1. The monoisotopic (exact) mass is 334 g/mol. The van der Waals surface area contributed by atoms with Crippen molar-refractivity contribution in [3.63, 3.8) is 0 Å². The second kappa shape index (κ2) is 5.58. The zero-order valence-corrected chi connectivity index (χ0v) is 14.2. The van der Waals surface area contributed by atoms with Crippen LogP contribution in [0.3, 0.4) is 0 Å². The van der Waals surface area contributed by atoms with Crippen molar-refractivity contribution in [2.75, 3.05) is 6.54 Å². The van der Waals surface area contributed by atoms with Crippen molar-refractivity contribution in [3.8, 4) is 0 Å². The van der Waals surface area contributed by atoms with Gasteiger partial charge in [-0.05, 0) is 41.5 Å². The van der Waals surface area contributed by atoms with Crippen molar-refractivity contribution < 1.29 is 9.59 Å². The first kappa shape index (κ1) is 14.9. The highest BCUT2D eigenvalue weighted by Crippen LogP contribution is 2.51. The average Bonchev–Trinajstić information content (AvgIpc) is 3.35. The highest BCUT2D eigenvalue weighted by molar-refractivity contribution is 5.90. The van der Waals surface area contributed by atoms with Gasteiger partial charge in [-0.3, -0.25) is 9.59 Å². The van der Waals surface area contributed by atoms with Gasteiger partial charge < -0.3 is 10.2 Å². The third-order valence-electron chi connectivity index (χ3n) is 6.16. The van der Waals surface area contributed by atoms with Crippen molar-refractivity contribution in [2.45, 2.75) is 43.7 Å². The van der Waals surface area contributed by atoms with Gasteiger partial charge >= 0.3 is 0 Å². The van der Waals surface area contributed by atoms with Gasteiger partial charge in [-0.1, -0.05) is 42.5 Å². The van der Waals surface area contributed by atoms with Crippen LogP contribution in [0, 0.1) is 5.92 Å². The van der Waals surface area contributed by atoms with Gasteiger partial charge in [-0.15, -0.1) is 0 Å². The lowest BCUT2D eigenvalue weighted by Crippen LogP contribution is -2.43. The average molecular weight is 334 g/mol. The van der Waals surface area contributed by atoms with E-state index in [2.05, 4.69) is 47.8 Å². The van der Waals surface area contributed by atoms with Gasteiger partial charge in [-0.2, -0.15) is 0 Å². The van der Waals surface area contributed by atoms with E-state index in [-0.39, 0.29) is 29.8 Å². The van der Waals surface area contributed by atoms with Crippen molar-refractivity contribution in [1.82, 2.24) is 10.2 Å². The summed E-state index contributed by atoms with van der Waals surface area (Å²) in [5, 5.41) is 5.46. The lowest BCUT2D eigenvalue weighted by atomic mass is 10.00. The van der Waals surface area contributed by atoms with Gasteiger partial charge in [0.15, 0.2) is 0 Å². The van der Waals surface area contributed by atoms with Gasteiger partial charge in [0, 0.05) is 31.0 Å². The van der Waals surface area contributed by atoms with E-state index >= 15 is 0 Å². The van der Waals surface area contributed by atoms with E-state index in [0.717, 1.165) is 19.3 Å². The lowest BCUT2D eigenvalue weighted by molar-refractivity contribution is -0.135. The predicted molar refractivity (Wildman–Crippen MR) is 96.1 cm³/mol. The minimum atomic E-state index is 0.0853. The fourth-order valence-corrected chi connectivity index (χ4v) is 4.82. The van der Waals surface area contributed by atoms with Gasteiger partial charge in [0.2, 0.25) is 11.8 Å². The number of nitrogens with one attached hydrogen (secondary N) is 1. The fourth-order valence-electron chi connectivity index (χ4n) is 4.82. The van der Waals surface area contributed by atoms with E-state index in [1.807, 2.05) is 4.90 Å². The van der Waals surface area contributed by atoms with E-state index in [0.29, 0.717) is 18.9 Å². The van der Waals surface area contributed by atoms with E-state index in [4.69, 9.17) is 0 Å². The minimum absolute atomic E-state index is 0.0853. The number of benzene rings is 2. The third-order valence-corrected chi connectivity index (χ3v) is 6.16. The Morgan fingerprint density at radius 2 is 1.84 bits per heavy atom. The highest BCUT2D eigenvalue weighted by atomic mass is 16.2. The van der Waals surface area contributed by atoms with Crippen LogP contribution in [0.2, 0.25) is 0 Å². The van der Waals surface area contributed by atoms with Crippen molar-refractivity contribution in [2.24, 2.45) is 5.92 Å². The highest BCUT2D eigenvalue weighted by Gasteiger charge is 2.50. The van der Waals surface area contributed by atoms with Crippen molar-refractivity contribution in [3.05, 3.63) is 48.0 Å². The molecular formula is C21H22N2O2. The molecule has 5 rings (SSSR count). The molecule has 128 valence electrons. The largest absolute Gasteiger partial charge is 0.354 e. The summed E-state index contributed by atoms with van der Waals surface area (Å²) < 4.78 is 0. The predicted octanol–water partition coefficient (Wildman–Crippen LogP) is 2.82. The Kier molecular flexibility index (Phi) is 3.34. The Morgan fingerprint density at radius 3 is 2.76 bits per heavy atom. The second-order valence-corrected chi connectivity index (χ2v) is 7.66. The SMILES string of the molecule is O=C1CC2CCC(CN1)N2C(=O)[C@@H]1C[C@H]1c1cccc2ccccc12. The van der Waals surface area contributed by atoms with Crippen LogP contribution >= 0.6 is 0 Å². The molecule has 2 aromatic carbocycles. The molecule has 1 aliphatic carbocycles. The van der Waals surface area contributed by atoms with E-state index in [9.17, 15) is 9.59 Å². The molecule has 2 aromatic rings. The zero-order valence-electron chi connectivity index (χ0n) is 14.2. The first-order chi connectivity index (χ1) is 12.2. The van der Waals surface area contributed by atoms with Crippen molar-refractivity contribution in [1.29, 1.82) is 0 Å². The lowest BCUT2D eigenvalue weighted by Gasteiger charge is -2.27. The van der Waals surface area contributed by atoms with Crippen LogP contribution in [0.4, 0.5) is 0 Å². The van der Waals surface area contributed by atoms with Crippen LogP contribution in [-0.4, -0.2) is 35.3 Å².